The zero-order valence-corrected chi connectivity index (χ0v) is 21.3. The van der Waals surface area contributed by atoms with E-state index >= 15 is 0 Å². The molecule has 36 heavy (non-hydrogen) atoms. The number of aromatic nitrogens is 3. The summed E-state index contributed by atoms with van der Waals surface area (Å²) in [5.41, 5.74) is 1.73. The van der Waals surface area contributed by atoms with Crippen LogP contribution in [0.5, 0.6) is 0 Å². The van der Waals surface area contributed by atoms with Crippen molar-refractivity contribution in [2.75, 3.05) is 10.0 Å². The highest BCUT2D eigenvalue weighted by atomic mass is 32.2. The normalized spacial score (nSPS) is 11.5. The first kappa shape index (κ1) is 23.9. The maximum Gasteiger partial charge on any atom is 0.266 e. The van der Waals surface area contributed by atoms with E-state index in [1.54, 1.807) is 12.3 Å². The fourth-order valence-corrected chi connectivity index (χ4v) is 6.44. The van der Waals surface area contributed by atoms with E-state index in [1.165, 1.54) is 52.7 Å². The van der Waals surface area contributed by atoms with Crippen molar-refractivity contribution in [1.82, 2.24) is 14.5 Å². The average Bonchev–Trinajstić information content (AvgIpc) is 3.49. The predicted octanol–water partition coefficient (Wildman–Crippen LogP) is 4.32. The molecular weight excluding hydrogens is 518 g/mol. The van der Waals surface area contributed by atoms with Gasteiger partial charge in [-0.3, -0.25) is 18.9 Å². The molecule has 12 heteroatoms. The number of hydrogen-bond acceptors (Lipinski definition) is 8. The van der Waals surface area contributed by atoms with Gasteiger partial charge in [0.1, 0.15) is 4.83 Å². The van der Waals surface area contributed by atoms with Crippen molar-refractivity contribution in [3.8, 4) is 0 Å². The molecule has 0 unspecified atom stereocenters. The maximum atomic E-state index is 13.1. The number of sulfonamides is 1. The number of aryl methyl sites for hydroxylation is 1. The number of hydrogen-bond donors (Lipinski definition) is 2. The Morgan fingerprint density at radius 2 is 1.81 bits per heavy atom. The molecule has 3 heterocycles. The van der Waals surface area contributed by atoms with E-state index in [4.69, 9.17) is 0 Å². The summed E-state index contributed by atoms with van der Waals surface area (Å²) in [4.78, 5) is 35.4. The number of rotatable bonds is 7. The highest BCUT2D eigenvalue weighted by Gasteiger charge is 2.20. The number of carbonyl (C=O) groups excluding carboxylic acids is 1. The van der Waals surface area contributed by atoms with E-state index in [0.717, 1.165) is 16.9 Å². The monoisotopic (exact) mass is 537 g/mol. The van der Waals surface area contributed by atoms with Crippen LogP contribution in [0.25, 0.3) is 10.2 Å². The second-order valence-corrected chi connectivity index (χ2v) is 11.4. The van der Waals surface area contributed by atoms with Crippen LogP contribution in [0.1, 0.15) is 20.8 Å². The molecule has 5 rings (SSSR count). The van der Waals surface area contributed by atoms with Crippen molar-refractivity contribution in [3.05, 3.63) is 98.9 Å². The van der Waals surface area contributed by atoms with E-state index in [9.17, 15) is 18.0 Å². The van der Waals surface area contributed by atoms with Crippen molar-refractivity contribution in [1.29, 1.82) is 0 Å². The van der Waals surface area contributed by atoms with Gasteiger partial charge in [0, 0.05) is 17.3 Å². The number of nitrogens with one attached hydrogen (secondary N) is 2. The van der Waals surface area contributed by atoms with Gasteiger partial charge >= 0.3 is 0 Å². The van der Waals surface area contributed by atoms with Gasteiger partial charge in [-0.1, -0.05) is 30.3 Å². The fourth-order valence-electron chi connectivity index (χ4n) is 3.62. The molecule has 1 amide bonds. The molecule has 0 fully saturated rings. The molecule has 0 saturated heterocycles. The number of benzene rings is 2. The average molecular weight is 538 g/mol. The molecule has 0 saturated carbocycles. The molecule has 0 atom stereocenters. The lowest BCUT2D eigenvalue weighted by atomic mass is 10.2. The molecule has 0 radical (unpaired) electrons. The molecule has 9 nitrogen and oxygen atoms in total. The summed E-state index contributed by atoms with van der Waals surface area (Å²) in [6.07, 6.45) is 3.00. The van der Waals surface area contributed by atoms with Crippen LogP contribution in [0.15, 0.2) is 82.2 Å². The zero-order valence-electron chi connectivity index (χ0n) is 18.8. The van der Waals surface area contributed by atoms with Crippen molar-refractivity contribution >= 4 is 59.6 Å². The minimum absolute atomic E-state index is 0.0388. The number of amides is 1. The van der Waals surface area contributed by atoms with E-state index in [0.29, 0.717) is 32.9 Å². The number of carbonyl (C=O) groups is 1. The van der Waals surface area contributed by atoms with E-state index in [2.05, 4.69) is 20.0 Å². The minimum atomic E-state index is -3.79. The van der Waals surface area contributed by atoms with Gasteiger partial charge < -0.3 is 5.32 Å². The van der Waals surface area contributed by atoms with E-state index in [1.807, 2.05) is 30.3 Å². The van der Waals surface area contributed by atoms with Gasteiger partial charge in [-0.2, -0.15) is 0 Å². The number of anilines is 2. The standard InChI is InChI=1S/C24H19N5O4S3/c1-15-19-22(26-14-29(23(19)31)13-16-5-3-2-4-6-16)35-20(15)21(30)27-17-7-9-18(10-8-17)36(32,33)28-24-25-11-12-34-24/h2-12,14H,13H2,1H3,(H,25,28)(H,27,30). The Morgan fingerprint density at radius 1 is 1.06 bits per heavy atom. The van der Waals surface area contributed by atoms with Gasteiger partial charge in [0.15, 0.2) is 5.13 Å². The van der Waals surface area contributed by atoms with Crippen molar-refractivity contribution in [2.24, 2.45) is 0 Å². The van der Waals surface area contributed by atoms with Crippen LogP contribution in [0, 0.1) is 6.92 Å². The fraction of sp³-hybridized carbons (Fsp3) is 0.0833. The topological polar surface area (TPSA) is 123 Å². The van der Waals surface area contributed by atoms with Gasteiger partial charge in [-0.25, -0.2) is 18.4 Å². The molecule has 0 aliphatic rings. The van der Waals surface area contributed by atoms with E-state index in [-0.39, 0.29) is 15.6 Å². The van der Waals surface area contributed by atoms with Crippen molar-refractivity contribution in [3.63, 3.8) is 0 Å². The smallest absolute Gasteiger partial charge is 0.266 e. The van der Waals surface area contributed by atoms with Crippen LogP contribution in [0.2, 0.25) is 0 Å². The van der Waals surface area contributed by atoms with Gasteiger partial charge in [0.2, 0.25) is 0 Å². The molecular formula is C24H19N5O4S3. The van der Waals surface area contributed by atoms with E-state index < -0.39 is 15.9 Å². The molecule has 182 valence electrons. The summed E-state index contributed by atoms with van der Waals surface area (Å²) < 4.78 is 28.9. The molecule has 2 N–H and O–H groups in total. The van der Waals surface area contributed by atoms with Crippen LogP contribution in [0.3, 0.4) is 0 Å². The van der Waals surface area contributed by atoms with Crippen molar-refractivity contribution < 1.29 is 13.2 Å². The Labute approximate surface area is 214 Å². The lowest BCUT2D eigenvalue weighted by Gasteiger charge is -2.08. The van der Waals surface area contributed by atoms with Crippen LogP contribution in [-0.2, 0) is 16.6 Å². The third-order valence-electron chi connectivity index (χ3n) is 5.40. The summed E-state index contributed by atoms with van der Waals surface area (Å²) in [5.74, 6) is -0.402. The summed E-state index contributed by atoms with van der Waals surface area (Å²) >= 11 is 2.31. The largest absolute Gasteiger partial charge is 0.321 e. The van der Waals surface area contributed by atoms with Crippen LogP contribution in [0.4, 0.5) is 10.8 Å². The Kier molecular flexibility index (Phi) is 6.39. The number of thiazole rings is 1. The molecule has 2 aromatic carbocycles. The van der Waals surface area contributed by atoms with Crippen LogP contribution >= 0.6 is 22.7 Å². The molecule has 3 aromatic heterocycles. The second kappa shape index (κ2) is 9.64. The summed E-state index contributed by atoms with van der Waals surface area (Å²) in [5, 5.41) is 5.12. The lowest BCUT2D eigenvalue weighted by Crippen LogP contribution is -2.21. The molecule has 0 aliphatic heterocycles. The highest BCUT2D eigenvalue weighted by molar-refractivity contribution is 7.93. The number of fused-ring (bicyclic) bond motifs is 1. The number of nitrogens with zero attached hydrogens (tertiary/aromatic N) is 3. The minimum Gasteiger partial charge on any atom is -0.321 e. The Bertz CT molecular complexity index is 1710. The Morgan fingerprint density at radius 3 is 2.50 bits per heavy atom. The zero-order chi connectivity index (χ0) is 25.3. The third kappa shape index (κ3) is 4.78. The summed E-state index contributed by atoms with van der Waals surface area (Å²) in [7, 11) is -3.79. The predicted molar refractivity (Wildman–Crippen MR) is 141 cm³/mol. The van der Waals surface area contributed by atoms with Crippen molar-refractivity contribution in [2.45, 2.75) is 18.4 Å². The Hall–Kier alpha value is -3.87. The first-order chi connectivity index (χ1) is 17.3. The maximum absolute atomic E-state index is 13.1. The lowest BCUT2D eigenvalue weighted by molar-refractivity contribution is 0.103. The molecule has 0 aliphatic carbocycles. The quantitative estimate of drug-likeness (QED) is 0.319. The van der Waals surface area contributed by atoms with Gasteiger partial charge in [-0.05, 0) is 42.3 Å². The van der Waals surface area contributed by atoms with Gasteiger partial charge in [0.05, 0.1) is 28.0 Å². The van der Waals surface area contributed by atoms with Gasteiger partial charge in [-0.15, -0.1) is 22.7 Å². The second-order valence-electron chi connectivity index (χ2n) is 7.82. The highest BCUT2D eigenvalue weighted by Crippen LogP contribution is 2.28. The summed E-state index contributed by atoms with van der Waals surface area (Å²) in [6.45, 7) is 2.11. The van der Waals surface area contributed by atoms with Crippen LogP contribution < -0.4 is 15.6 Å². The van der Waals surface area contributed by atoms with Gasteiger partial charge in [0.25, 0.3) is 21.5 Å². The number of thiophene rings is 1. The summed E-state index contributed by atoms with van der Waals surface area (Å²) in [6, 6.07) is 15.4. The molecule has 0 bridgehead atoms. The Balaban J connectivity index is 1.36. The first-order valence-corrected chi connectivity index (χ1v) is 13.9. The van der Waals surface area contributed by atoms with Crippen LogP contribution in [-0.4, -0.2) is 28.9 Å². The first-order valence-electron chi connectivity index (χ1n) is 10.7. The SMILES string of the molecule is Cc1c(C(=O)Nc2ccc(S(=O)(=O)Nc3nccs3)cc2)sc2ncn(Cc3ccccc3)c(=O)c12. The third-order valence-corrected chi connectivity index (χ3v) is 8.77. The molecule has 5 aromatic rings. The molecule has 0 spiro atoms.